The van der Waals surface area contributed by atoms with Gasteiger partial charge < -0.3 is 25.1 Å². The Kier molecular flexibility index (Phi) is 8.07. The van der Waals surface area contributed by atoms with Crippen molar-refractivity contribution < 1.29 is 14.3 Å². The smallest absolute Gasteiger partial charge is 0.330 e. The summed E-state index contributed by atoms with van der Waals surface area (Å²) in [6.07, 6.45) is 4.43. The van der Waals surface area contributed by atoms with E-state index in [-0.39, 0.29) is 23.5 Å². The highest BCUT2D eigenvalue weighted by Gasteiger charge is 2.28. The van der Waals surface area contributed by atoms with Crippen LogP contribution in [0.4, 0.5) is 5.82 Å². The Labute approximate surface area is 171 Å². The van der Waals surface area contributed by atoms with Crippen LogP contribution in [0, 0.1) is 17.2 Å². The molecule has 0 saturated heterocycles. The van der Waals surface area contributed by atoms with Crippen molar-refractivity contribution in [2.24, 2.45) is 18.9 Å². The van der Waals surface area contributed by atoms with Gasteiger partial charge in [0.2, 0.25) is 0 Å². The van der Waals surface area contributed by atoms with E-state index in [1.807, 2.05) is 11.9 Å². The van der Waals surface area contributed by atoms with E-state index < -0.39 is 0 Å². The number of aromatic nitrogens is 2. The minimum Gasteiger partial charge on any atom is -0.469 e. The Balaban J connectivity index is 2.17. The highest BCUT2D eigenvalue weighted by molar-refractivity contribution is 5.82. The maximum atomic E-state index is 12.8. The lowest BCUT2D eigenvalue weighted by atomic mass is 9.82. The summed E-state index contributed by atoms with van der Waals surface area (Å²) in [4.78, 5) is 26.5. The molecule has 1 heterocycles. The average molecular weight is 408 g/mol. The molecule has 162 valence electrons. The molecule has 0 amide bonds. The Hall–Kier alpha value is -2.55. The van der Waals surface area contributed by atoms with Gasteiger partial charge in [0, 0.05) is 40.5 Å². The minimum absolute atomic E-state index is 0.0484. The molecule has 9 heteroatoms. The molecular weight excluding hydrogens is 374 g/mol. The van der Waals surface area contributed by atoms with Gasteiger partial charge in [-0.05, 0) is 31.6 Å². The first-order valence-electron chi connectivity index (χ1n) is 9.87. The molecule has 0 bridgehead atoms. The van der Waals surface area contributed by atoms with E-state index in [2.05, 4.69) is 11.9 Å². The van der Waals surface area contributed by atoms with E-state index in [1.54, 1.807) is 18.7 Å². The van der Waals surface area contributed by atoms with E-state index in [0.29, 0.717) is 37.0 Å². The number of anilines is 1. The zero-order chi connectivity index (χ0) is 21.6. The van der Waals surface area contributed by atoms with Crippen molar-refractivity contribution in [1.29, 1.82) is 5.41 Å². The monoisotopic (exact) mass is 407 g/mol. The molecule has 1 aliphatic carbocycles. The first-order valence-corrected chi connectivity index (χ1v) is 9.87. The first kappa shape index (κ1) is 22.7. The van der Waals surface area contributed by atoms with Gasteiger partial charge in [0.1, 0.15) is 11.5 Å². The summed E-state index contributed by atoms with van der Waals surface area (Å²) in [5, 5.41) is 11.0. The van der Waals surface area contributed by atoms with Gasteiger partial charge in [-0.2, -0.15) is 0 Å². The second-order valence-corrected chi connectivity index (χ2v) is 7.56. The fourth-order valence-electron chi connectivity index (χ4n) is 3.74. The van der Waals surface area contributed by atoms with Gasteiger partial charge in [-0.1, -0.05) is 6.58 Å². The summed E-state index contributed by atoms with van der Waals surface area (Å²) in [6.45, 7) is 5.79. The summed E-state index contributed by atoms with van der Waals surface area (Å²) < 4.78 is 13.1. The summed E-state index contributed by atoms with van der Waals surface area (Å²) in [6, 6.07) is 0. The maximum absolute atomic E-state index is 12.8. The fraction of sp³-hybridized carbons (Fsp3) is 0.650. The van der Waals surface area contributed by atoms with Gasteiger partial charge in [0.05, 0.1) is 25.5 Å². The quantitative estimate of drug-likeness (QED) is 0.451. The second kappa shape index (κ2) is 10.3. The molecule has 0 aliphatic heterocycles. The summed E-state index contributed by atoms with van der Waals surface area (Å²) in [5.74, 6) is 1.28. The number of hydrogen-bond acceptors (Lipinski definition) is 7. The molecule has 0 aromatic carbocycles. The Morgan fingerprint density at radius 2 is 2.00 bits per heavy atom. The standard InChI is InChI=1S/C20H33N5O4/c1-14(23(2)10-11-28-4)22-18-17(12-21)24(3)20(27)25(18)13-15-6-8-16(9-7-15)19(26)29-5/h12,15-16,21-22H,1,6-11,13H2,2-5H3. The third kappa shape index (κ3) is 5.29. The molecule has 1 aromatic heterocycles. The van der Waals surface area contributed by atoms with Crippen LogP contribution < -0.4 is 11.0 Å². The highest BCUT2D eigenvalue weighted by Crippen LogP contribution is 2.31. The van der Waals surface area contributed by atoms with Crippen LogP contribution in [0.3, 0.4) is 0 Å². The molecule has 1 aliphatic rings. The number of esters is 1. The lowest BCUT2D eigenvalue weighted by molar-refractivity contribution is -0.146. The van der Waals surface area contributed by atoms with Gasteiger partial charge in [0.25, 0.3) is 0 Å². The van der Waals surface area contributed by atoms with Crippen LogP contribution in [0.25, 0.3) is 0 Å². The molecule has 2 N–H and O–H groups in total. The third-order valence-electron chi connectivity index (χ3n) is 5.70. The van der Waals surface area contributed by atoms with Gasteiger partial charge >= 0.3 is 11.7 Å². The molecule has 29 heavy (non-hydrogen) atoms. The van der Waals surface area contributed by atoms with Crippen LogP contribution in [0.15, 0.2) is 17.2 Å². The zero-order valence-corrected chi connectivity index (χ0v) is 17.9. The van der Waals surface area contributed by atoms with Crippen LogP contribution in [0.2, 0.25) is 0 Å². The summed E-state index contributed by atoms with van der Waals surface area (Å²) >= 11 is 0. The second-order valence-electron chi connectivity index (χ2n) is 7.56. The van der Waals surface area contributed by atoms with Crippen LogP contribution >= 0.6 is 0 Å². The van der Waals surface area contributed by atoms with E-state index >= 15 is 0 Å². The topological polar surface area (TPSA) is 102 Å². The van der Waals surface area contributed by atoms with E-state index in [4.69, 9.17) is 14.9 Å². The van der Waals surface area contributed by atoms with E-state index in [0.717, 1.165) is 25.7 Å². The number of rotatable bonds is 10. The number of ether oxygens (including phenoxy) is 2. The van der Waals surface area contributed by atoms with Crippen LogP contribution in [0.1, 0.15) is 31.4 Å². The average Bonchev–Trinajstić information content (AvgIpc) is 2.95. The van der Waals surface area contributed by atoms with Crippen molar-refractivity contribution in [1.82, 2.24) is 14.0 Å². The predicted molar refractivity (Wildman–Crippen MR) is 112 cm³/mol. The van der Waals surface area contributed by atoms with Crippen molar-refractivity contribution in [2.75, 3.05) is 39.7 Å². The number of nitrogens with one attached hydrogen (secondary N) is 2. The van der Waals surface area contributed by atoms with Gasteiger partial charge in [-0.25, -0.2) is 4.79 Å². The van der Waals surface area contributed by atoms with Crippen molar-refractivity contribution >= 4 is 18.0 Å². The molecule has 1 saturated carbocycles. The van der Waals surface area contributed by atoms with Crippen molar-refractivity contribution in [3.8, 4) is 0 Å². The molecule has 0 unspecified atom stereocenters. The molecule has 0 spiro atoms. The minimum atomic E-state index is -0.173. The SMILES string of the molecule is C=C(Nc1c(C=N)n(C)c(=O)n1CC1CCC(C(=O)OC)CC1)N(C)CCOC. The number of methoxy groups -OCH3 is 2. The Morgan fingerprint density at radius 3 is 2.55 bits per heavy atom. The molecule has 0 atom stereocenters. The van der Waals surface area contributed by atoms with Crippen molar-refractivity contribution in [3.05, 3.63) is 28.6 Å². The molecule has 1 aromatic rings. The van der Waals surface area contributed by atoms with E-state index in [1.165, 1.54) is 17.9 Å². The van der Waals surface area contributed by atoms with Gasteiger partial charge in [-0.15, -0.1) is 0 Å². The van der Waals surface area contributed by atoms with Crippen molar-refractivity contribution in [2.45, 2.75) is 32.2 Å². The number of nitrogens with zero attached hydrogens (tertiary/aromatic N) is 3. The Morgan fingerprint density at radius 1 is 1.34 bits per heavy atom. The van der Waals surface area contributed by atoms with Crippen molar-refractivity contribution in [3.63, 3.8) is 0 Å². The largest absolute Gasteiger partial charge is 0.469 e. The molecule has 2 rings (SSSR count). The number of carbonyl (C=O) groups is 1. The first-order chi connectivity index (χ1) is 13.8. The van der Waals surface area contributed by atoms with Gasteiger partial charge in [-0.3, -0.25) is 13.9 Å². The maximum Gasteiger partial charge on any atom is 0.330 e. The zero-order valence-electron chi connectivity index (χ0n) is 17.9. The molecule has 9 nitrogen and oxygen atoms in total. The highest BCUT2D eigenvalue weighted by atomic mass is 16.5. The fourth-order valence-corrected chi connectivity index (χ4v) is 3.74. The normalized spacial score (nSPS) is 18.9. The lowest BCUT2D eigenvalue weighted by Gasteiger charge is -2.28. The number of carbonyl (C=O) groups excluding carboxylic acids is 1. The number of hydrogen-bond donors (Lipinski definition) is 2. The third-order valence-corrected chi connectivity index (χ3v) is 5.70. The molecule has 1 fully saturated rings. The summed E-state index contributed by atoms with van der Waals surface area (Å²) in [5.41, 5.74) is 0.327. The molecular formula is C20H33N5O4. The Bertz CT molecular complexity index is 790. The number of imidazole rings is 1. The predicted octanol–water partition coefficient (Wildman–Crippen LogP) is 1.63. The molecule has 0 radical (unpaired) electrons. The van der Waals surface area contributed by atoms with Crippen LogP contribution in [-0.2, 0) is 27.9 Å². The van der Waals surface area contributed by atoms with E-state index in [9.17, 15) is 9.59 Å². The van der Waals surface area contributed by atoms with Crippen LogP contribution in [-0.4, -0.2) is 60.6 Å². The lowest BCUT2D eigenvalue weighted by Crippen LogP contribution is -2.31. The van der Waals surface area contributed by atoms with Gasteiger partial charge in [0.15, 0.2) is 0 Å². The number of likely N-dealkylation sites (N-methyl/N-ethyl adjacent to an activating group) is 1. The van der Waals surface area contributed by atoms with Crippen LogP contribution in [0.5, 0.6) is 0 Å². The summed E-state index contributed by atoms with van der Waals surface area (Å²) in [7, 11) is 6.61.